The van der Waals surface area contributed by atoms with Crippen molar-refractivity contribution in [3.63, 3.8) is 0 Å². The van der Waals surface area contributed by atoms with Crippen LogP contribution in [0.1, 0.15) is 42.4 Å². The number of carbonyl (C=O) groups excluding carboxylic acids is 1. The highest BCUT2D eigenvalue weighted by atomic mass is 35.5. The Morgan fingerprint density at radius 3 is 2.45 bits per heavy atom. The SMILES string of the molecule is Cc1ccc(CN2CCC(CNC(=O)C3(c4ccccc4Cl)CCOCC3)CC2)cc1. The molecule has 0 saturated carbocycles. The number of benzene rings is 2. The standard InChI is InChI=1S/C26H33ClN2O2/c1-20-6-8-22(9-7-20)19-29-14-10-21(11-15-29)18-28-25(30)26(12-16-31-17-13-26)23-4-2-3-5-24(23)27/h2-9,21H,10-19H2,1H3,(H,28,30). The van der Waals surface area contributed by atoms with Gasteiger partial charge in [-0.15, -0.1) is 0 Å². The number of halogens is 1. The molecule has 2 heterocycles. The van der Waals surface area contributed by atoms with E-state index in [1.807, 2.05) is 24.3 Å². The molecule has 0 spiro atoms. The van der Waals surface area contributed by atoms with Gasteiger partial charge >= 0.3 is 0 Å². The third kappa shape index (κ3) is 5.31. The number of aryl methyl sites for hydroxylation is 1. The molecular weight excluding hydrogens is 408 g/mol. The van der Waals surface area contributed by atoms with Crippen LogP contribution in [0.5, 0.6) is 0 Å². The molecule has 2 saturated heterocycles. The summed E-state index contributed by atoms with van der Waals surface area (Å²) in [6.45, 7) is 7.22. The second-order valence-electron chi connectivity index (χ2n) is 9.09. The van der Waals surface area contributed by atoms with Crippen LogP contribution in [0.15, 0.2) is 48.5 Å². The monoisotopic (exact) mass is 440 g/mol. The summed E-state index contributed by atoms with van der Waals surface area (Å²) >= 11 is 6.50. The predicted octanol–water partition coefficient (Wildman–Crippen LogP) is 4.73. The molecule has 2 aromatic carbocycles. The molecule has 2 aliphatic rings. The van der Waals surface area contributed by atoms with E-state index >= 15 is 0 Å². The summed E-state index contributed by atoms with van der Waals surface area (Å²) in [5.41, 5.74) is 3.03. The van der Waals surface area contributed by atoms with E-state index in [0.717, 1.165) is 44.6 Å². The maximum absolute atomic E-state index is 13.4. The Bertz CT molecular complexity index is 869. The van der Waals surface area contributed by atoms with Gasteiger partial charge < -0.3 is 10.1 Å². The van der Waals surface area contributed by atoms with E-state index in [2.05, 4.69) is 41.4 Å². The van der Waals surface area contributed by atoms with Gasteiger partial charge in [0.2, 0.25) is 5.91 Å². The van der Waals surface area contributed by atoms with E-state index in [1.54, 1.807) is 0 Å². The largest absolute Gasteiger partial charge is 0.381 e. The van der Waals surface area contributed by atoms with Gasteiger partial charge in [0, 0.05) is 31.3 Å². The van der Waals surface area contributed by atoms with Crippen LogP contribution in [0.3, 0.4) is 0 Å². The summed E-state index contributed by atoms with van der Waals surface area (Å²) in [5, 5.41) is 3.96. The number of carbonyl (C=O) groups is 1. The van der Waals surface area contributed by atoms with Gasteiger partial charge in [-0.2, -0.15) is 0 Å². The first-order chi connectivity index (χ1) is 15.1. The lowest BCUT2D eigenvalue weighted by atomic mass is 9.73. The molecule has 0 bridgehead atoms. The van der Waals surface area contributed by atoms with Crippen LogP contribution in [-0.2, 0) is 21.5 Å². The second-order valence-corrected chi connectivity index (χ2v) is 9.50. The molecule has 166 valence electrons. The molecule has 31 heavy (non-hydrogen) atoms. The quantitative estimate of drug-likeness (QED) is 0.706. The third-order valence-electron chi connectivity index (χ3n) is 6.96. The van der Waals surface area contributed by atoms with Crippen molar-refractivity contribution in [2.75, 3.05) is 32.8 Å². The van der Waals surface area contributed by atoms with Gasteiger partial charge in [0.05, 0.1) is 5.41 Å². The Balaban J connectivity index is 1.32. The summed E-state index contributed by atoms with van der Waals surface area (Å²) < 4.78 is 5.57. The van der Waals surface area contributed by atoms with Crippen molar-refractivity contribution in [2.24, 2.45) is 5.92 Å². The molecule has 0 unspecified atom stereocenters. The third-order valence-corrected chi connectivity index (χ3v) is 7.29. The highest BCUT2D eigenvalue weighted by Gasteiger charge is 2.43. The molecule has 0 aliphatic carbocycles. The fraction of sp³-hybridized carbons (Fsp3) is 0.500. The van der Waals surface area contributed by atoms with Gasteiger partial charge in [0.1, 0.15) is 0 Å². The Morgan fingerprint density at radius 1 is 1.10 bits per heavy atom. The molecule has 0 radical (unpaired) electrons. The number of piperidine rings is 1. The average molecular weight is 441 g/mol. The highest BCUT2D eigenvalue weighted by Crippen LogP contribution is 2.39. The number of rotatable bonds is 6. The average Bonchev–Trinajstić information content (AvgIpc) is 2.80. The molecule has 4 nitrogen and oxygen atoms in total. The van der Waals surface area contributed by atoms with Crippen molar-refractivity contribution < 1.29 is 9.53 Å². The van der Waals surface area contributed by atoms with Crippen molar-refractivity contribution in [3.8, 4) is 0 Å². The molecule has 2 aliphatic heterocycles. The zero-order chi connectivity index (χ0) is 21.7. The number of nitrogens with one attached hydrogen (secondary N) is 1. The minimum Gasteiger partial charge on any atom is -0.381 e. The zero-order valence-electron chi connectivity index (χ0n) is 18.4. The zero-order valence-corrected chi connectivity index (χ0v) is 19.2. The lowest BCUT2D eigenvalue weighted by Gasteiger charge is -2.38. The lowest BCUT2D eigenvalue weighted by molar-refractivity contribution is -0.130. The van der Waals surface area contributed by atoms with Crippen molar-refractivity contribution in [1.82, 2.24) is 10.2 Å². The molecule has 2 fully saturated rings. The normalized spacial score (nSPS) is 19.8. The predicted molar refractivity (Wildman–Crippen MR) is 125 cm³/mol. The van der Waals surface area contributed by atoms with Crippen LogP contribution in [0.25, 0.3) is 0 Å². The minimum absolute atomic E-state index is 0.103. The number of ether oxygens (including phenoxy) is 1. The van der Waals surface area contributed by atoms with E-state index in [9.17, 15) is 4.79 Å². The molecular formula is C26H33ClN2O2. The molecule has 4 rings (SSSR count). The fourth-order valence-corrected chi connectivity index (χ4v) is 5.21. The summed E-state index contributed by atoms with van der Waals surface area (Å²) in [6, 6.07) is 16.6. The number of likely N-dealkylation sites (tertiary alicyclic amines) is 1. The number of hydrogen-bond acceptors (Lipinski definition) is 3. The number of nitrogens with zero attached hydrogens (tertiary/aromatic N) is 1. The molecule has 2 aromatic rings. The van der Waals surface area contributed by atoms with E-state index in [4.69, 9.17) is 16.3 Å². The van der Waals surface area contributed by atoms with Gasteiger partial charge in [-0.1, -0.05) is 59.6 Å². The molecule has 0 atom stereocenters. The molecule has 5 heteroatoms. The fourth-order valence-electron chi connectivity index (χ4n) is 4.89. The van der Waals surface area contributed by atoms with Gasteiger partial charge in [0.25, 0.3) is 0 Å². The Kier molecular flexibility index (Phi) is 7.31. The van der Waals surface area contributed by atoms with Crippen molar-refractivity contribution in [2.45, 2.75) is 44.6 Å². The summed E-state index contributed by atoms with van der Waals surface area (Å²) in [6.07, 6.45) is 3.60. The van der Waals surface area contributed by atoms with Crippen LogP contribution in [0, 0.1) is 12.8 Å². The van der Waals surface area contributed by atoms with Crippen LogP contribution in [0.2, 0.25) is 5.02 Å². The number of hydrogen-bond donors (Lipinski definition) is 1. The van der Waals surface area contributed by atoms with Crippen LogP contribution >= 0.6 is 11.6 Å². The molecule has 1 N–H and O–H groups in total. The summed E-state index contributed by atoms with van der Waals surface area (Å²) in [7, 11) is 0. The molecule has 0 aromatic heterocycles. The van der Waals surface area contributed by atoms with Crippen LogP contribution in [-0.4, -0.2) is 43.7 Å². The van der Waals surface area contributed by atoms with Crippen LogP contribution in [0.4, 0.5) is 0 Å². The topological polar surface area (TPSA) is 41.6 Å². The second kappa shape index (κ2) is 10.2. The first kappa shape index (κ1) is 22.3. The van der Waals surface area contributed by atoms with E-state index in [0.29, 0.717) is 37.0 Å². The van der Waals surface area contributed by atoms with Gasteiger partial charge in [-0.25, -0.2) is 0 Å². The van der Waals surface area contributed by atoms with Crippen molar-refractivity contribution in [3.05, 3.63) is 70.2 Å². The summed E-state index contributed by atoms with van der Waals surface area (Å²) in [4.78, 5) is 15.9. The van der Waals surface area contributed by atoms with E-state index in [-0.39, 0.29) is 5.91 Å². The van der Waals surface area contributed by atoms with E-state index in [1.165, 1.54) is 11.1 Å². The van der Waals surface area contributed by atoms with Gasteiger partial charge in [-0.05, 0) is 68.8 Å². The van der Waals surface area contributed by atoms with Crippen molar-refractivity contribution in [1.29, 1.82) is 0 Å². The Labute approximate surface area is 190 Å². The highest BCUT2D eigenvalue weighted by molar-refractivity contribution is 6.31. The maximum atomic E-state index is 13.4. The number of amides is 1. The molecule has 1 amide bonds. The first-order valence-corrected chi connectivity index (χ1v) is 11.8. The summed E-state index contributed by atoms with van der Waals surface area (Å²) in [5.74, 6) is 0.632. The Hall–Kier alpha value is -1.88. The van der Waals surface area contributed by atoms with Gasteiger partial charge in [0.15, 0.2) is 0 Å². The van der Waals surface area contributed by atoms with Crippen molar-refractivity contribution >= 4 is 17.5 Å². The first-order valence-electron chi connectivity index (χ1n) is 11.5. The lowest BCUT2D eigenvalue weighted by Crippen LogP contribution is -2.49. The smallest absolute Gasteiger partial charge is 0.230 e. The Morgan fingerprint density at radius 2 is 1.77 bits per heavy atom. The van der Waals surface area contributed by atoms with Crippen LogP contribution < -0.4 is 5.32 Å². The van der Waals surface area contributed by atoms with Gasteiger partial charge in [-0.3, -0.25) is 9.69 Å². The minimum atomic E-state index is -0.581. The maximum Gasteiger partial charge on any atom is 0.230 e. The van der Waals surface area contributed by atoms with E-state index < -0.39 is 5.41 Å².